The van der Waals surface area contributed by atoms with E-state index in [0.29, 0.717) is 23.5 Å². The number of aromatic nitrogens is 2. The molecule has 6 nitrogen and oxygen atoms in total. The molecule has 0 bridgehead atoms. The highest BCUT2D eigenvalue weighted by atomic mass is 32.2. The van der Waals surface area contributed by atoms with Gasteiger partial charge in [-0.1, -0.05) is 0 Å². The molecule has 2 heterocycles. The van der Waals surface area contributed by atoms with E-state index in [9.17, 15) is 13.7 Å². The number of nitrogens with one attached hydrogen (secondary N) is 1. The first-order valence-corrected chi connectivity index (χ1v) is 11.4. The summed E-state index contributed by atoms with van der Waals surface area (Å²) in [6.45, 7) is 8.08. The molecule has 158 valence electrons. The number of halogens is 1. The van der Waals surface area contributed by atoms with Gasteiger partial charge in [0.25, 0.3) is 5.56 Å². The van der Waals surface area contributed by atoms with Crippen molar-refractivity contribution in [3.63, 3.8) is 0 Å². The van der Waals surface area contributed by atoms with E-state index in [-0.39, 0.29) is 23.1 Å². The van der Waals surface area contributed by atoms with Crippen LogP contribution in [0.3, 0.4) is 0 Å². The van der Waals surface area contributed by atoms with Crippen LogP contribution in [0.4, 0.5) is 4.39 Å². The summed E-state index contributed by atoms with van der Waals surface area (Å²) < 4.78 is 37.1. The number of ether oxygens (including phenoxy) is 1. The van der Waals surface area contributed by atoms with Gasteiger partial charge in [0.05, 0.1) is 16.9 Å². The van der Waals surface area contributed by atoms with E-state index >= 15 is 0 Å². The van der Waals surface area contributed by atoms with Crippen LogP contribution < -0.4 is 10.3 Å². The highest BCUT2D eigenvalue weighted by Crippen LogP contribution is 2.39. The standard InChI is InChI=1S/C21H28FN3O3S/c1-12(24-29(27)21(2,3)4)15-10-13(22)11-16-18(15)23-19(17-6-5-9-28-17)25(20(16)26)14-7-8-14/h10-12,14,17,24H,5-9H2,1-4H3/t12-,17-,29?/m1/s1. The van der Waals surface area contributed by atoms with Gasteiger partial charge in [0.15, 0.2) is 0 Å². The first kappa shape index (κ1) is 20.8. The lowest BCUT2D eigenvalue weighted by atomic mass is 10.0. The quantitative estimate of drug-likeness (QED) is 0.742. The molecule has 8 heteroatoms. The zero-order valence-corrected chi connectivity index (χ0v) is 18.1. The summed E-state index contributed by atoms with van der Waals surface area (Å²) in [6, 6.07) is 2.33. The summed E-state index contributed by atoms with van der Waals surface area (Å²) >= 11 is -1.34. The summed E-state index contributed by atoms with van der Waals surface area (Å²) in [7, 11) is 0. The van der Waals surface area contributed by atoms with Crippen molar-refractivity contribution in [3.05, 3.63) is 39.7 Å². The van der Waals surface area contributed by atoms with Crippen LogP contribution in [0.1, 0.15) is 83.0 Å². The van der Waals surface area contributed by atoms with E-state index in [4.69, 9.17) is 9.72 Å². The van der Waals surface area contributed by atoms with Crippen molar-refractivity contribution in [2.45, 2.75) is 76.3 Å². The minimum Gasteiger partial charge on any atom is -0.598 e. The molecule has 29 heavy (non-hydrogen) atoms. The molecule has 4 rings (SSSR count). The average molecular weight is 422 g/mol. The Balaban J connectivity index is 1.86. The average Bonchev–Trinajstić information content (AvgIpc) is 3.33. The topological polar surface area (TPSA) is 79.2 Å². The molecule has 1 unspecified atom stereocenters. The molecule has 1 aromatic heterocycles. The third-order valence-electron chi connectivity index (χ3n) is 5.46. The second kappa shape index (κ2) is 7.65. The molecule has 1 N–H and O–H groups in total. The van der Waals surface area contributed by atoms with E-state index in [2.05, 4.69) is 4.72 Å². The number of hydrogen-bond donors (Lipinski definition) is 1. The van der Waals surface area contributed by atoms with Gasteiger partial charge in [0.2, 0.25) is 0 Å². The Labute approximate surface area is 173 Å². The van der Waals surface area contributed by atoms with E-state index in [1.165, 1.54) is 12.1 Å². The molecule has 2 aliphatic rings. The zero-order valence-electron chi connectivity index (χ0n) is 17.3. The number of nitrogens with zero attached hydrogens (tertiary/aromatic N) is 2. The zero-order chi connectivity index (χ0) is 20.9. The molecule has 3 atom stereocenters. The molecule has 0 amide bonds. The van der Waals surface area contributed by atoms with Crippen LogP contribution in [-0.4, -0.2) is 25.5 Å². The fourth-order valence-electron chi connectivity index (χ4n) is 3.74. The van der Waals surface area contributed by atoms with Gasteiger partial charge in [-0.15, -0.1) is 4.72 Å². The highest BCUT2D eigenvalue weighted by molar-refractivity contribution is 7.90. The predicted molar refractivity (Wildman–Crippen MR) is 112 cm³/mol. The molecule has 0 spiro atoms. The van der Waals surface area contributed by atoms with E-state index in [1.807, 2.05) is 27.7 Å². The van der Waals surface area contributed by atoms with E-state index < -0.39 is 28.0 Å². The van der Waals surface area contributed by atoms with Crippen molar-refractivity contribution in [2.24, 2.45) is 0 Å². The van der Waals surface area contributed by atoms with Crippen LogP contribution in [0.2, 0.25) is 0 Å². The largest absolute Gasteiger partial charge is 0.598 e. The molecular weight excluding hydrogens is 393 g/mol. The van der Waals surface area contributed by atoms with Crippen molar-refractivity contribution in [1.82, 2.24) is 14.3 Å². The van der Waals surface area contributed by atoms with Crippen LogP contribution in [0.5, 0.6) is 0 Å². The lowest BCUT2D eigenvalue weighted by Crippen LogP contribution is -2.40. The van der Waals surface area contributed by atoms with Gasteiger partial charge in [0.1, 0.15) is 22.5 Å². The third kappa shape index (κ3) is 4.08. The Bertz CT molecular complexity index is 978. The smallest absolute Gasteiger partial charge is 0.261 e. The van der Waals surface area contributed by atoms with Crippen molar-refractivity contribution >= 4 is 22.3 Å². The Kier molecular flexibility index (Phi) is 5.48. The number of hydrogen-bond acceptors (Lipinski definition) is 5. The second-order valence-electron chi connectivity index (χ2n) is 8.99. The monoisotopic (exact) mass is 421 g/mol. The summed E-state index contributed by atoms with van der Waals surface area (Å²) in [6.07, 6.45) is 3.40. The van der Waals surface area contributed by atoms with Gasteiger partial charge in [0, 0.05) is 29.6 Å². The molecule has 1 aliphatic heterocycles. The van der Waals surface area contributed by atoms with E-state index in [0.717, 1.165) is 25.7 Å². The van der Waals surface area contributed by atoms with E-state index in [1.54, 1.807) is 4.57 Å². The van der Waals surface area contributed by atoms with Gasteiger partial charge >= 0.3 is 0 Å². The first-order chi connectivity index (χ1) is 13.7. The van der Waals surface area contributed by atoms with Gasteiger partial charge in [-0.3, -0.25) is 9.36 Å². The van der Waals surface area contributed by atoms with Crippen LogP contribution in [-0.2, 0) is 16.1 Å². The second-order valence-corrected chi connectivity index (χ2v) is 11.0. The lowest BCUT2D eigenvalue weighted by Gasteiger charge is -2.27. The summed E-state index contributed by atoms with van der Waals surface area (Å²) in [5.74, 6) is 0.147. The molecule has 2 aromatic rings. The maximum absolute atomic E-state index is 14.5. The van der Waals surface area contributed by atoms with Crippen LogP contribution >= 0.6 is 0 Å². The highest BCUT2D eigenvalue weighted by Gasteiger charge is 2.34. The maximum atomic E-state index is 14.5. The fourth-order valence-corrected chi connectivity index (χ4v) is 4.54. The van der Waals surface area contributed by atoms with Gasteiger partial charge in [-0.2, -0.15) is 0 Å². The summed E-state index contributed by atoms with van der Waals surface area (Å²) in [4.78, 5) is 18.2. The molecule has 1 saturated carbocycles. The maximum Gasteiger partial charge on any atom is 0.261 e. The number of rotatable bonds is 5. The van der Waals surface area contributed by atoms with Crippen molar-refractivity contribution < 1.29 is 13.7 Å². The Morgan fingerprint density at radius 2 is 2.07 bits per heavy atom. The number of benzene rings is 1. The molecule has 2 fully saturated rings. The van der Waals surface area contributed by atoms with Crippen LogP contribution in [0, 0.1) is 5.82 Å². The molecular formula is C21H28FN3O3S. The fraction of sp³-hybridized carbons (Fsp3) is 0.619. The third-order valence-corrected chi connectivity index (χ3v) is 7.14. The molecule has 0 radical (unpaired) electrons. The van der Waals surface area contributed by atoms with Gasteiger partial charge < -0.3 is 9.29 Å². The molecule has 1 aliphatic carbocycles. The SMILES string of the molecule is C[C@@H](N[S+]([O-])C(C)(C)C)c1cc(F)cc2c(=O)n(C3CC3)c([C@H]3CCCO3)nc12. The first-order valence-electron chi connectivity index (χ1n) is 10.2. The van der Waals surface area contributed by atoms with Crippen molar-refractivity contribution in [2.75, 3.05) is 6.61 Å². The van der Waals surface area contributed by atoms with Gasteiger partial charge in [-0.25, -0.2) is 9.37 Å². The summed E-state index contributed by atoms with van der Waals surface area (Å²) in [5.41, 5.74) is 0.787. The van der Waals surface area contributed by atoms with Crippen LogP contribution in [0.15, 0.2) is 16.9 Å². The normalized spacial score (nSPS) is 22.2. The molecule has 1 saturated heterocycles. The minimum atomic E-state index is -1.34. The van der Waals surface area contributed by atoms with Crippen molar-refractivity contribution in [3.8, 4) is 0 Å². The summed E-state index contributed by atoms with van der Waals surface area (Å²) in [5, 5.41) is 0.267. The minimum absolute atomic E-state index is 0.120. The predicted octanol–water partition coefficient (Wildman–Crippen LogP) is 3.83. The van der Waals surface area contributed by atoms with Gasteiger partial charge in [-0.05, 0) is 65.5 Å². The molecule has 1 aromatic carbocycles. The Hall–Kier alpha value is -1.48. The number of fused-ring (bicyclic) bond motifs is 1. The Morgan fingerprint density at radius 3 is 2.66 bits per heavy atom. The van der Waals surface area contributed by atoms with Crippen molar-refractivity contribution in [1.29, 1.82) is 0 Å². The Morgan fingerprint density at radius 1 is 1.34 bits per heavy atom. The van der Waals surface area contributed by atoms with Crippen LogP contribution in [0.25, 0.3) is 10.9 Å². The lowest BCUT2D eigenvalue weighted by molar-refractivity contribution is 0.101.